The molecule has 0 saturated carbocycles. The zero-order valence-electron chi connectivity index (χ0n) is 15.5. The van der Waals surface area contributed by atoms with E-state index in [0.29, 0.717) is 26.2 Å². The minimum absolute atomic E-state index is 0.132. The zero-order chi connectivity index (χ0) is 20.3. The first-order chi connectivity index (χ1) is 13.5. The maximum atomic E-state index is 14.7. The van der Waals surface area contributed by atoms with Crippen molar-refractivity contribution in [1.82, 2.24) is 0 Å². The lowest BCUT2D eigenvalue weighted by Gasteiger charge is -2.38. The normalized spacial score (nSPS) is 13.8. The summed E-state index contributed by atoms with van der Waals surface area (Å²) in [7, 11) is 2.66. The number of methoxy groups -OCH3 is 2. The molecule has 0 spiro atoms. The van der Waals surface area contributed by atoms with Crippen molar-refractivity contribution < 1.29 is 23.0 Å². The van der Waals surface area contributed by atoms with E-state index >= 15 is 0 Å². The fraction of sp³-hybridized carbons (Fsp3) is 0.300. The molecule has 6 nitrogen and oxygen atoms in total. The molecule has 146 valence electrons. The molecular formula is C20H19F2N3O3. The van der Waals surface area contributed by atoms with Crippen molar-refractivity contribution in [3.05, 3.63) is 53.1 Å². The number of para-hydroxylation sites is 2. The third kappa shape index (κ3) is 3.43. The summed E-state index contributed by atoms with van der Waals surface area (Å²) in [4.78, 5) is 15.3. The Morgan fingerprint density at radius 2 is 1.75 bits per heavy atom. The lowest BCUT2D eigenvalue weighted by Crippen LogP contribution is -2.47. The molecule has 2 aromatic rings. The van der Waals surface area contributed by atoms with Crippen LogP contribution in [0.4, 0.5) is 20.2 Å². The number of rotatable bonds is 4. The predicted octanol–water partition coefficient (Wildman–Crippen LogP) is 2.96. The molecule has 1 heterocycles. The molecule has 0 aliphatic carbocycles. The lowest BCUT2D eigenvalue weighted by molar-refractivity contribution is 0.0595. The predicted molar refractivity (Wildman–Crippen MR) is 99.8 cm³/mol. The number of nitriles is 1. The van der Waals surface area contributed by atoms with Gasteiger partial charge in [-0.3, -0.25) is 0 Å². The highest BCUT2D eigenvalue weighted by atomic mass is 19.1. The Morgan fingerprint density at radius 1 is 1.11 bits per heavy atom. The SMILES string of the molecule is COC(=O)c1cc(F)c(N2CCN(c3ccccc3OC)CC2)c(C#N)c1F. The molecule has 1 aliphatic rings. The number of anilines is 2. The van der Waals surface area contributed by atoms with E-state index in [9.17, 15) is 18.8 Å². The van der Waals surface area contributed by atoms with Gasteiger partial charge in [-0.15, -0.1) is 0 Å². The van der Waals surface area contributed by atoms with E-state index in [1.165, 1.54) is 0 Å². The summed E-state index contributed by atoms with van der Waals surface area (Å²) in [5, 5.41) is 9.37. The third-order valence-electron chi connectivity index (χ3n) is 4.73. The number of halogens is 2. The van der Waals surface area contributed by atoms with Crippen LogP contribution >= 0.6 is 0 Å². The minimum atomic E-state index is -1.07. The fourth-order valence-corrected chi connectivity index (χ4v) is 3.35. The molecule has 0 bridgehead atoms. The smallest absolute Gasteiger partial charge is 0.341 e. The number of ether oxygens (including phenoxy) is 2. The fourth-order valence-electron chi connectivity index (χ4n) is 3.35. The van der Waals surface area contributed by atoms with Crippen LogP contribution in [0.3, 0.4) is 0 Å². The highest BCUT2D eigenvalue weighted by Crippen LogP contribution is 2.32. The van der Waals surface area contributed by atoms with Gasteiger partial charge in [-0.25, -0.2) is 13.6 Å². The molecule has 0 N–H and O–H groups in total. The molecule has 0 radical (unpaired) electrons. The van der Waals surface area contributed by atoms with Crippen molar-refractivity contribution in [3.8, 4) is 11.8 Å². The van der Waals surface area contributed by atoms with Gasteiger partial charge in [0.25, 0.3) is 0 Å². The van der Waals surface area contributed by atoms with Gasteiger partial charge in [0.2, 0.25) is 0 Å². The molecule has 1 fully saturated rings. The summed E-state index contributed by atoms with van der Waals surface area (Å²) < 4.78 is 39.1. The molecule has 2 aromatic carbocycles. The van der Waals surface area contributed by atoms with E-state index in [0.717, 1.165) is 24.6 Å². The van der Waals surface area contributed by atoms with Crippen molar-refractivity contribution in [2.24, 2.45) is 0 Å². The van der Waals surface area contributed by atoms with Gasteiger partial charge >= 0.3 is 5.97 Å². The Labute approximate surface area is 161 Å². The first-order valence-corrected chi connectivity index (χ1v) is 8.65. The second-order valence-electron chi connectivity index (χ2n) is 6.19. The van der Waals surface area contributed by atoms with Crippen LogP contribution in [0.1, 0.15) is 15.9 Å². The van der Waals surface area contributed by atoms with Gasteiger partial charge in [-0.05, 0) is 18.2 Å². The van der Waals surface area contributed by atoms with Crippen LogP contribution in [0.25, 0.3) is 0 Å². The second kappa shape index (κ2) is 8.13. The van der Waals surface area contributed by atoms with Crippen molar-refractivity contribution in [1.29, 1.82) is 5.26 Å². The standard InChI is InChI=1S/C20H19F2N3O3/c1-27-17-6-4-3-5-16(17)24-7-9-25(10-8-24)19-14(12-23)18(22)13(11-15(19)21)20(26)28-2/h3-6,11H,7-10H2,1-2H3. The first-order valence-electron chi connectivity index (χ1n) is 8.65. The van der Waals surface area contributed by atoms with Crippen LogP contribution in [-0.4, -0.2) is 46.4 Å². The first kappa shape index (κ1) is 19.4. The molecule has 1 saturated heterocycles. The van der Waals surface area contributed by atoms with E-state index in [4.69, 9.17) is 4.74 Å². The van der Waals surface area contributed by atoms with Crippen molar-refractivity contribution >= 4 is 17.3 Å². The largest absolute Gasteiger partial charge is 0.495 e. The Balaban J connectivity index is 1.88. The quantitative estimate of drug-likeness (QED) is 0.752. The number of piperazine rings is 1. The molecule has 28 heavy (non-hydrogen) atoms. The van der Waals surface area contributed by atoms with Gasteiger partial charge in [0, 0.05) is 26.2 Å². The number of hydrogen-bond donors (Lipinski definition) is 0. The van der Waals surface area contributed by atoms with Crippen LogP contribution in [0.5, 0.6) is 5.75 Å². The number of carbonyl (C=O) groups excluding carboxylic acids is 1. The van der Waals surface area contributed by atoms with Gasteiger partial charge in [-0.1, -0.05) is 12.1 Å². The van der Waals surface area contributed by atoms with E-state index in [1.54, 1.807) is 18.1 Å². The average Bonchev–Trinajstić information content (AvgIpc) is 2.74. The number of benzene rings is 2. The third-order valence-corrected chi connectivity index (χ3v) is 4.73. The van der Waals surface area contributed by atoms with Crippen LogP contribution < -0.4 is 14.5 Å². The summed E-state index contributed by atoms with van der Waals surface area (Å²) in [6.07, 6.45) is 0. The molecule has 1 aliphatic heterocycles. The van der Waals surface area contributed by atoms with Crippen LogP contribution in [0, 0.1) is 23.0 Å². The van der Waals surface area contributed by atoms with Gasteiger partial charge in [0.15, 0.2) is 5.82 Å². The summed E-state index contributed by atoms with van der Waals surface area (Å²) >= 11 is 0. The van der Waals surface area contributed by atoms with E-state index in [-0.39, 0.29) is 5.69 Å². The molecular weight excluding hydrogens is 368 g/mol. The van der Waals surface area contributed by atoms with Crippen molar-refractivity contribution in [2.45, 2.75) is 0 Å². The van der Waals surface area contributed by atoms with Crippen LogP contribution in [0.2, 0.25) is 0 Å². The summed E-state index contributed by atoms with van der Waals surface area (Å²) in [5.41, 5.74) is -0.302. The summed E-state index contributed by atoms with van der Waals surface area (Å²) in [6.45, 7) is 1.82. The topological polar surface area (TPSA) is 65.8 Å². The Hall–Kier alpha value is -3.34. The maximum Gasteiger partial charge on any atom is 0.341 e. The highest BCUT2D eigenvalue weighted by molar-refractivity contribution is 5.91. The van der Waals surface area contributed by atoms with Crippen molar-refractivity contribution in [3.63, 3.8) is 0 Å². The summed E-state index contributed by atoms with van der Waals surface area (Å²) in [5.74, 6) is -2.20. The van der Waals surface area contributed by atoms with E-state index in [2.05, 4.69) is 9.64 Å². The lowest BCUT2D eigenvalue weighted by atomic mass is 10.1. The van der Waals surface area contributed by atoms with E-state index < -0.39 is 28.7 Å². The molecule has 0 atom stereocenters. The Kier molecular flexibility index (Phi) is 5.64. The summed E-state index contributed by atoms with van der Waals surface area (Å²) in [6, 6.07) is 10.0. The second-order valence-corrected chi connectivity index (χ2v) is 6.19. The molecule has 3 rings (SSSR count). The van der Waals surface area contributed by atoms with Gasteiger partial charge < -0.3 is 19.3 Å². The Morgan fingerprint density at radius 3 is 2.36 bits per heavy atom. The molecule has 8 heteroatoms. The van der Waals surface area contributed by atoms with Crippen molar-refractivity contribution in [2.75, 3.05) is 50.2 Å². The zero-order valence-corrected chi connectivity index (χ0v) is 15.5. The average molecular weight is 387 g/mol. The van der Waals surface area contributed by atoms with Gasteiger partial charge in [-0.2, -0.15) is 5.26 Å². The van der Waals surface area contributed by atoms with E-state index in [1.807, 2.05) is 24.3 Å². The van der Waals surface area contributed by atoms with Gasteiger partial charge in [0.05, 0.1) is 31.2 Å². The number of nitrogens with zero attached hydrogens (tertiary/aromatic N) is 3. The van der Waals surface area contributed by atoms with Crippen LogP contribution in [-0.2, 0) is 4.74 Å². The highest BCUT2D eigenvalue weighted by Gasteiger charge is 2.28. The maximum absolute atomic E-state index is 14.7. The number of esters is 1. The molecule has 0 unspecified atom stereocenters. The monoisotopic (exact) mass is 387 g/mol. The van der Waals surface area contributed by atoms with Crippen LogP contribution in [0.15, 0.2) is 30.3 Å². The Bertz CT molecular complexity index is 935. The molecule has 0 amide bonds. The number of carbonyl (C=O) groups is 1. The minimum Gasteiger partial charge on any atom is -0.495 e. The molecule has 0 aromatic heterocycles. The number of hydrogen-bond acceptors (Lipinski definition) is 6. The van der Waals surface area contributed by atoms with Gasteiger partial charge in [0.1, 0.15) is 23.2 Å².